The highest BCUT2D eigenvalue weighted by atomic mass is 16.6. The number of nitrogens with zero attached hydrogens (tertiary/aromatic N) is 4. The van der Waals surface area contributed by atoms with Crippen LogP contribution in [0.25, 0.3) is 0 Å². The topological polar surface area (TPSA) is 62.6 Å². The van der Waals surface area contributed by atoms with E-state index in [2.05, 4.69) is 26.7 Å². The number of rotatable bonds is 6. The molecule has 2 heterocycles. The van der Waals surface area contributed by atoms with Crippen LogP contribution in [-0.4, -0.2) is 70.3 Å². The van der Waals surface area contributed by atoms with Gasteiger partial charge in [0.15, 0.2) is 0 Å². The lowest BCUT2D eigenvalue weighted by atomic mass is 10.2. The molecule has 0 bridgehead atoms. The highest BCUT2D eigenvalue weighted by Gasteiger charge is 2.25. The Morgan fingerprint density at radius 1 is 1.29 bits per heavy atom. The van der Waals surface area contributed by atoms with Crippen LogP contribution < -0.4 is 5.32 Å². The fourth-order valence-corrected chi connectivity index (χ4v) is 2.71. The summed E-state index contributed by atoms with van der Waals surface area (Å²) >= 11 is 0. The summed E-state index contributed by atoms with van der Waals surface area (Å²) in [4.78, 5) is 20.4. The van der Waals surface area contributed by atoms with E-state index in [4.69, 9.17) is 4.74 Å². The van der Waals surface area contributed by atoms with Gasteiger partial charge in [0.05, 0.1) is 12.0 Å². The maximum Gasteiger partial charge on any atom is 0.410 e. The van der Waals surface area contributed by atoms with Crippen LogP contribution in [0.4, 0.5) is 4.79 Å². The van der Waals surface area contributed by atoms with Crippen LogP contribution in [0.1, 0.15) is 33.4 Å². The summed E-state index contributed by atoms with van der Waals surface area (Å²) in [6, 6.07) is 0. The van der Waals surface area contributed by atoms with Crippen molar-refractivity contribution in [1.29, 1.82) is 0 Å². The third-order valence-corrected chi connectivity index (χ3v) is 4.07. The van der Waals surface area contributed by atoms with E-state index in [1.807, 2.05) is 33.3 Å². The first kappa shape index (κ1) is 18.7. The molecule has 0 aromatic carbocycles. The average Bonchev–Trinajstić information content (AvgIpc) is 2.98. The largest absolute Gasteiger partial charge is 0.444 e. The number of piperazine rings is 1. The molecular weight excluding hydrogens is 306 g/mol. The molecule has 1 aromatic heterocycles. The van der Waals surface area contributed by atoms with E-state index < -0.39 is 5.60 Å². The molecule has 1 N–H and O–H groups in total. The quantitative estimate of drug-likeness (QED) is 0.798. The van der Waals surface area contributed by atoms with Gasteiger partial charge in [-0.3, -0.25) is 4.90 Å². The van der Waals surface area contributed by atoms with Crippen molar-refractivity contribution in [2.45, 2.75) is 46.4 Å². The van der Waals surface area contributed by atoms with Crippen molar-refractivity contribution in [1.82, 2.24) is 24.7 Å². The smallest absolute Gasteiger partial charge is 0.410 e. The van der Waals surface area contributed by atoms with Crippen LogP contribution in [0.3, 0.4) is 0 Å². The van der Waals surface area contributed by atoms with Crippen molar-refractivity contribution in [2.75, 3.05) is 39.3 Å². The maximum atomic E-state index is 12.0. The third kappa shape index (κ3) is 5.79. The molecule has 0 unspecified atom stereocenters. The summed E-state index contributed by atoms with van der Waals surface area (Å²) in [6.07, 6.45) is 3.58. The van der Waals surface area contributed by atoms with Gasteiger partial charge in [0.25, 0.3) is 0 Å². The molecule has 136 valence electrons. The zero-order chi connectivity index (χ0) is 17.6. The second-order valence-electron chi connectivity index (χ2n) is 7.16. The Balaban J connectivity index is 1.62. The van der Waals surface area contributed by atoms with E-state index in [0.29, 0.717) is 0 Å². The molecular formula is C17H31N5O2. The Morgan fingerprint density at radius 2 is 2.00 bits per heavy atom. The lowest BCUT2D eigenvalue weighted by molar-refractivity contribution is 0.0146. The van der Waals surface area contributed by atoms with Crippen LogP contribution in [-0.2, 0) is 17.8 Å². The average molecular weight is 337 g/mol. The van der Waals surface area contributed by atoms with Crippen LogP contribution in [0.15, 0.2) is 12.5 Å². The number of hydrogen-bond acceptors (Lipinski definition) is 5. The number of carbonyl (C=O) groups is 1. The van der Waals surface area contributed by atoms with Crippen molar-refractivity contribution in [3.63, 3.8) is 0 Å². The summed E-state index contributed by atoms with van der Waals surface area (Å²) in [5, 5.41) is 3.47. The van der Waals surface area contributed by atoms with Crippen LogP contribution >= 0.6 is 0 Å². The minimum absolute atomic E-state index is 0.201. The molecule has 0 radical (unpaired) electrons. The number of imidazole rings is 1. The van der Waals surface area contributed by atoms with E-state index in [1.54, 1.807) is 4.90 Å². The minimum atomic E-state index is -0.427. The minimum Gasteiger partial charge on any atom is -0.444 e. The highest BCUT2D eigenvalue weighted by molar-refractivity contribution is 5.68. The summed E-state index contributed by atoms with van der Waals surface area (Å²) in [5.74, 6) is 0. The summed E-state index contributed by atoms with van der Waals surface area (Å²) < 4.78 is 7.57. The first-order valence-electron chi connectivity index (χ1n) is 8.79. The predicted molar refractivity (Wildman–Crippen MR) is 93.9 cm³/mol. The SMILES string of the molecule is CCn1cncc1CNCCN1CCN(C(=O)OC(C)(C)C)CC1. The molecule has 0 spiro atoms. The molecule has 1 aliphatic heterocycles. The Labute approximate surface area is 145 Å². The first-order chi connectivity index (χ1) is 11.4. The van der Waals surface area contributed by atoms with Crippen LogP contribution in [0.5, 0.6) is 0 Å². The number of amides is 1. The van der Waals surface area contributed by atoms with Crippen molar-refractivity contribution >= 4 is 6.09 Å². The number of nitrogens with one attached hydrogen (secondary N) is 1. The van der Waals surface area contributed by atoms with E-state index in [0.717, 1.165) is 52.4 Å². The maximum absolute atomic E-state index is 12.0. The molecule has 1 aromatic rings. The number of aryl methyl sites for hydroxylation is 1. The molecule has 7 nitrogen and oxygen atoms in total. The zero-order valence-electron chi connectivity index (χ0n) is 15.4. The van der Waals surface area contributed by atoms with Gasteiger partial charge in [-0.2, -0.15) is 0 Å². The normalized spacial score (nSPS) is 16.4. The lowest BCUT2D eigenvalue weighted by Gasteiger charge is -2.35. The first-order valence-corrected chi connectivity index (χ1v) is 8.79. The fourth-order valence-electron chi connectivity index (χ4n) is 2.71. The van der Waals surface area contributed by atoms with Crippen LogP contribution in [0, 0.1) is 0 Å². The molecule has 1 fully saturated rings. The molecule has 2 rings (SSSR count). The monoisotopic (exact) mass is 337 g/mol. The Hall–Kier alpha value is -1.60. The number of hydrogen-bond donors (Lipinski definition) is 1. The Kier molecular flexibility index (Phi) is 6.62. The molecule has 1 saturated heterocycles. The molecule has 0 aliphatic carbocycles. The van der Waals surface area contributed by atoms with Gasteiger partial charge in [0, 0.05) is 58.6 Å². The van der Waals surface area contributed by atoms with Crippen molar-refractivity contribution in [3.8, 4) is 0 Å². The fraction of sp³-hybridized carbons (Fsp3) is 0.765. The van der Waals surface area contributed by atoms with Crippen molar-refractivity contribution in [3.05, 3.63) is 18.2 Å². The molecule has 0 saturated carbocycles. The van der Waals surface area contributed by atoms with Crippen LogP contribution in [0.2, 0.25) is 0 Å². The Bertz CT molecular complexity index is 515. The van der Waals surface area contributed by atoms with Gasteiger partial charge in [-0.05, 0) is 27.7 Å². The zero-order valence-corrected chi connectivity index (χ0v) is 15.4. The van der Waals surface area contributed by atoms with E-state index >= 15 is 0 Å². The highest BCUT2D eigenvalue weighted by Crippen LogP contribution is 2.11. The molecule has 7 heteroatoms. The van der Waals surface area contributed by atoms with Gasteiger partial charge in [-0.25, -0.2) is 9.78 Å². The number of carbonyl (C=O) groups excluding carboxylic acids is 1. The second-order valence-corrected chi connectivity index (χ2v) is 7.16. The van der Waals surface area contributed by atoms with Crippen molar-refractivity contribution < 1.29 is 9.53 Å². The van der Waals surface area contributed by atoms with Gasteiger partial charge in [-0.15, -0.1) is 0 Å². The van der Waals surface area contributed by atoms with Gasteiger partial charge in [0.1, 0.15) is 5.60 Å². The third-order valence-electron chi connectivity index (χ3n) is 4.07. The Morgan fingerprint density at radius 3 is 2.62 bits per heavy atom. The van der Waals surface area contributed by atoms with Gasteiger partial charge < -0.3 is 19.5 Å². The van der Waals surface area contributed by atoms with E-state index in [-0.39, 0.29) is 6.09 Å². The predicted octanol–water partition coefficient (Wildman–Crippen LogP) is 1.55. The lowest BCUT2D eigenvalue weighted by Crippen LogP contribution is -2.51. The number of ether oxygens (including phenoxy) is 1. The molecule has 1 aliphatic rings. The molecule has 1 amide bonds. The number of aromatic nitrogens is 2. The standard InChI is InChI=1S/C17H31N5O2/c1-5-21-14-19-13-15(21)12-18-6-7-20-8-10-22(11-9-20)16(23)24-17(2,3)4/h13-14,18H,5-12H2,1-4H3. The second kappa shape index (κ2) is 8.48. The van der Waals surface area contributed by atoms with Gasteiger partial charge in [-0.1, -0.05) is 0 Å². The summed E-state index contributed by atoms with van der Waals surface area (Å²) in [6.45, 7) is 14.8. The molecule has 0 atom stereocenters. The van der Waals surface area contributed by atoms with Crippen molar-refractivity contribution in [2.24, 2.45) is 0 Å². The summed E-state index contributed by atoms with van der Waals surface area (Å²) in [5.41, 5.74) is 0.788. The summed E-state index contributed by atoms with van der Waals surface area (Å²) in [7, 11) is 0. The van der Waals surface area contributed by atoms with Gasteiger partial charge >= 0.3 is 6.09 Å². The van der Waals surface area contributed by atoms with Gasteiger partial charge in [0.2, 0.25) is 0 Å². The molecule has 24 heavy (non-hydrogen) atoms. The van der Waals surface area contributed by atoms with E-state index in [1.165, 1.54) is 5.69 Å². The van der Waals surface area contributed by atoms with E-state index in [9.17, 15) is 4.79 Å².